The lowest BCUT2D eigenvalue weighted by Crippen LogP contribution is -2.18. The summed E-state index contributed by atoms with van der Waals surface area (Å²) >= 11 is 0. The molecule has 1 aromatic carbocycles. The Kier molecular flexibility index (Phi) is 4.55. The molecule has 0 spiro atoms. The largest absolute Gasteiger partial charge is 0.506 e. The first-order chi connectivity index (χ1) is 9.56. The van der Waals surface area contributed by atoms with Crippen molar-refractivity contribution >= 4 is 17.3 Å². The summed E-state index contributed by atoms with van der Waals surface area (Å²) in [6.07, 6.45) is 6.04. The fourth-order valence-electron chi connectivity index (χ4n) is 2.59. The second kappa shape index (κ2) is 6.36. The molecule has 0 bridgehead atoms. The van der Waals surface area contributed by atoms with Crippen LogP contribution >= 0.6 is 0 Å². The van der Waals surface area contributed by atoms with Gasteiger partial charge in [0.1, 0.15) is 5.75 Å². The van der Waals surface area contributed by atoms with Gasteiger partial charge in [-0.25, -0.2) is 0 Å². The molecule has 2 N–H and O–H groups in total. The molecule has 1 saturated carbocycles. The van der Waals surface area contributed by atoms with E-state index in [9.17, 15) is 20.0 Å². The Labute approximate surface area is 117 Å². The van der Waals surface area contributed by atoms with Crippen molar-refractivity contribution < 1.29 is 14.8 Å². The van der Waals surface area contributed by atoms with Gasteiger partial charge in [-0.1, -0.05) is 19.3 Å². The number of nitrogens with zero attached hydrogens (tertiary/aromatic N) is 1. The van der Waals surface area contributed by atoms with Crippen LogP contribution in [0.2, 0.25) is 0 Å². The van der Waals surface area contributed by atoms with E-state index >= 15 is 0 Å². The molecule has 0 aromatic heterocycles. The van der Waals surface area contributed by atoms with E-state index in [4.69, 9.17) is 0 Å². The zero-order valence-corrected chi connectivity index (χ0v) is 11.2. The molecule has 2 rings (SSSR count). The maximum absolute atomic E-state index is 11.9. The predicted molar refractivity (Wildman–Crippen MR) is 74.6 cm³/mol. The molecular formula is C14H18N2O4. The number of nitro benzene ring substituents is 1. The van der Waals surface area contributed by atoms with Gasteiger partial charge < -0.3 is 10.4 Å². The average Bonchev–Trinajstić information content (AvgIpc) is 2.42. The first-order valence-corrected chi connectivity index (χ1v) is 6.83. The third-order valence-electron chi connectivity index (χ3n) is 3.66. The molecule has 1 aliphatic rings. The quantitative estimate of drug-likeness (QED) is 0.502. The van der Waals surface area contributed by atoms with Gasteiger partial charge in [-0.2, -0.15) is 0 Å². The molecule has 0 heterocycles. The average molecular weight is 278 g/mol. The van der Waals surface area contributed by atoms with Gasteiger partial charge in [-0.3, -0.25) is 14.9 Å². The van der Waals surface area contributed by atoms with Gasteiger partial charge in [0.25, 0.3) is 5.69 Å². The van der Waals surface area contributed by atoms with Crippen molar-refractivity contribution in [2.24, 2.45) is 5.92 Å². The molecule has 1 amide bonds. The number of rotatable bonds is 4. The summed E-state index contributed by atoms with van der Waals surface area (Å²) in [7, 11) is 0. The monoisotopic (exact) mass is 278 g/mol. The van der Waals surface area contributed by atoms with E-state index in [2.05, 4.69) is 5.32 Å². The highest BCUT2D eigenvalue weighted by Crippen LogP contribution is 2.30. The van der Waals surface area contributed by atoms with E-state index in [1.165, 1.54) is 24.6 Å². The fraction of sp³-hybridized carbons (Fsp3) is 0.500. The third kappa shape index (κ3) is 3.69. The zero-order chi connectivity index (χ0) is 14.5. The summed E-state index contributed by atoms with van der Waals surface area (Å²) in [6.45, 7) is 0. The Morgan fingerprint density at radius 1 is 1.35 bits per heavy atom. The van der Waals surface area contributed by atoms with Gasteiger partial charge in [-0.15, -0.1) is 0 Å². The molecule has 0 unspecified atom stereocenters. The Morgan fingerprint density at radius 2 is 2.05 bits per heavy atom. The van der Waals surface area contributed by atoms with Crippen LogP contribution in [0.15, 0.2) is 18.2 Å². The lowest BCUT2D eigenvalue weighted by molar-refractivity contribution is -0.384. The molecule has 1 aromatic rings. The van der Waals surface area contributed by atoms with Crippen molar-refractivity contribution in [2.45, 2.75) is 38.5 Å². The van der Waals surface area contributed by atoms with Crippen LogP contribution in [0.25, 0.3) is 0 Å². The second-order valence-corrected chi connectivity index (χ2v) is 5.21. The lowest BCUT2D eigenvalue weighted by atomic mass is 9.87. The van der Waals surface area contributed by atoms with Crippen LogP contribution in [0.4, 0.5) is 11.4 Å². The SMILES string of the molecule is O=C(CC1CCCCC1)Nc1cc([N+](=O)[O-])ccc1O. The molecule has 6 heteroatoms. The zero-order valence-electron chi connectivity index (χ0n) is 11.2. The standard InChI is InChI=1S/C14H18N2O4/c17-13-7-6-11(16(19)20)9-12(13)15-14(18)8-10-4-2-1-3-5-10/h6-7,9-10,17H,1-5,8H2,(H,15,18). The smallest absolute Gasteiger partial charge is 0.271 e. The van der Waals surface area contributed by atoms with Gasteiger partial charge in [0.2, 0.25) is 5.91 Å². The van der Waals surface area contributed by atoms with Gasteiger partial charge in [0.05, 0.1) is 10.6 Å². The van der Waals surface area contributed by atoms with Crippen molar-refractivity contribution in [3.8, 4) is 5.75 Å². The Balaban J connectivity index is 1.99. The van der Waals surface area contributed by atoms with Crippen molar-refractivity contribution in [3.05, 3.63) is 28.3 Å². The topological polar surface area (TPSA) is 92.5 Å². The second-order valence-electron chi connectivity index (χ2n) is 5.21. The van der Waals surface area contributed by atoms with Gasteiger partial charge >= 0.3 is 0 Å². The minimum Gasteiger partial charge on any atom is -0.506 e. The van der Waals surface area contributed by atoms with Crippen LogP contribution in [-0.2, 0) is 4.79 Å². The summed E-state index contributed by atoms with van der Waals surface area (Å²) < 4.78 is 0. The number of benzene rings is 1. The number of non-ortho nitro benzene ring substituents is 1. The maximum atomic E-state index is 11.9. The van der Waals surface area contributed by atoms with E-state index < -0.39 is 4.92 Å². The van der Waals surface area contributed by atoms with Crippen LogP contribution < -0.4 is 5.32 Å². The van der Waals surface area contributed by atoms with Crippen molar-refractivity contribution in [1.82, 2.24) is 0 Å². The van der Waals surface area contributed by atoms with Crippen molar-refractivity contribution in [2.75, 3.05) is 5.32 Å². The first-order valence-electron chi connectivity index (χ1n) is 6.83. The van der Waals surface area contributed by atoms with E-state index in [0.29, 0.717) is 12.3 Å². The molecule has 20 heavy (non-hydrogen) atoms. The minimum atomic E-state index is -0.559. The first kappa shape index (κ1) is 14.3. The third-order valence-corrected chi connectivity index (χ3v) is 3.66. The van der Waals surface area contributed by atoms with Crippen LogP contribution in [-0.4, -0.2) is 15.9 Å². The summed E-state index contributed by atoms with van der Waals surface area (Å²) in [5.74, 6) is 0.0184. The number of hydrogen-bond acceptors (Lipinski definition) is 4. The number of aromatic hydroxyl groups is 1. The molecule has 108 valence electrons. The minimum absolute atomic E-state index is 0.0972. The maximum Gasteiger partial charge on any atom is 0.271 e. The van der Waals surface area contributed by atoms with Crippen molar-refractivity contribution in [3.63, 3.8) is 0 Å². The molecule has 1 fully saturated rings. The van der Waals surface area contributed by atoms with Crippen LogP contribution in [0, 0.1) is 16.0 Å². The van der Waals surface area contributed by atoms with E-state index in [1.54, 1.807) is 0 Å². The van der Waals surface area contributed by atoms with E-state index in [-0.39, 0.29) is 23.0 Å². The highest BCUT2D eigenvalue weighted by molar-refractivity contribution is 5.92. The number of carbonyl (C=O) groups is 1. The normalized spacial score (nSPS) is 15.8. The Morgan fingerprint density at radius 3 is 2.70 bits per heavy atom. The number of phenolic OH excluding ortho intramolecular Hbond substituents is 1. The molecule has 6 nitrogen and oxygen atoms in total. The molecule has 0 radical (unpaired) electrons. The number of carbonyl (C=O) groups excluding carboxylic acids is 1. The van der Waals surface area contributed by atoms with Crippen molar-refractivity contribution in [1.29, 1.82) is 0 Å². The number of anilines is 1. The number of phenols is 1. The summed E-state index contributed by atoms with van der Waals surface area (Å²) in [4.78, 5) is 22.0. The molecule has 0 saturated heterocycles. The summed E-state index contributed by atoms with van der Waals surface area (Å²) in [5.41, 5.74) is -0.0595. The lowest BCUT2D eigenvalue weighted by Gasteiger charge is -2.20. The van der Waals surface area contributed by atoms with Crippen LogP contribution in [0.5, 0.6) is 5.75 Å². The fourth-order valence-corrected chi connectivity index (χ4v) is 2.59. The number of nitro groups is 1. The Hall–Kier alpha value is -2.11. The van der Waals surface area contributed by atoms with Gasteiger partial charge in [0.15, 0.2) is 0 Å². The van der Waals surface area contributed by atoms with E-state index in [0.717, 1.165) is 25.7 Å². The molecule has 0 aliphatic heterocycles. The Bertz CT molecular complexity index is 510. The molecule has 1 aliphatic carbocycles. The number of hydrogen-bond donors (Lipinski definition) is 2. The number of nitrogens with one attached hydrogen (secondary N) is 1. The highest BCUT2D eigenvalue weighted by Gasteiger charge is 2.18. The van der Waals surface area contributed by atoms with Crippen LogP contribution in [0.1, 0.15) is 38.5 Å². The predicted octanol–water partition coefficient (Wildman–Crippen LogP) is 3.21. The van der Waals surface area contributed by atoms with Gasteiger partial charge in [-0.05, 0) is 24.8 Å². The summed E-state index contributed by atoms with van der Waals surface area (Å²) in [5, 5.41) is 22.9. The summed E-state index contributed by atoms with van der Waals surface area (Å²) in [6, 6.07) is 3.59. The van der Waals surface area contributed by atoms with Gasteiger partial charge in [0, 0.05) is 18.6 Å². The van der Waals surface area contributed by atoms with Crippen LogP contribution in [0.3, 0.4) is 0 Å². The molecule has 0 atom stereocenters. The number of amides is 1. The van der Waals surface area contributed by atoms with E-state index in [1.807, 2.05) is 0 Å². The molecular weight excluding hydrogens is 260 g/mol. The highest BCUT2D eigenvalue weighted by atomic mass is 16.6.